The molecule has 4 aromatic carbocycles. The molecule has 6 N–H and O–H groups in total. The number of ketones is 2. The van der Waals surface area contributed by atoms with E-state index in [4.69, 9.17) is 19.7 Å². The molecule has 2 amide bonds. The number of carbonyl (C=O) groups excluding carboxylic acids is 4. The van der Waals surface area contributed by atoms with Crippen molar-refractivity contribution in [3.8, 4) is 22.5 Å². The third-order valence-electron chi connectivity index (χ3n) is 13.9. The van der Waals surface area contributed by atoms with Gasteiger partial charge in [0.15, 0.2) is 11.6 Å². The molecule has 0 saturated carbocycles. The molecule has 414 valence electrons. The molecule has 0 aliphatic heterocycles. The van der Waals surface area contributed by atoms with Crippen LogP contribution in [0, 0.1) is 13.8 Å². The van der Waals surface area contributed by atoms with Crippen LogP contribution in [0.5, 0.6) is 0 Å². The second-order valence-electron chi connectivity index (χ2n) is 19.1. The van der Waals surface area contributed by atoms with Crippen LogP contribution in [0.15, 0.2) is 153 Å². The van der Waals surface area contributed by atoms with Gasteiger partial charge in [-0.1, -0.05) is 48.5 Å². The van der Waals surface area contributed by atoms with Gasteiger partial charge in [-0.15, -0.1) is 0 Å². The number of carbonyl (C=O) groups is 6. The normalized spacial score (nSPS) is 11.4. The molecule has 10 rings (SSSR count). The number of aliphatic carboxylic acids is 2. The molecule has 6 aromatic heterocycles. The molecular formula is C60H50N8O14. The minimum atomic E-state index is -1.36. The molecule has 0 saturated heterocycles. The number of nitrogens with zero attached hydrogens (tertiary/aromatic N) is 4. The van der Waals surface area contributed by atoms with Crippen molar-refractivity contribution < 1.29 is 48.5 Å². The number of aromatic nitrogens is 6. The fourth-order valence-electron chi connectivity index (χ4n) is 10.2. The predicted octanol–water partition coefficient (Wildman–Crippen LogP) is 4.97. The predicted molar refractivity (Wildman–Crippen MR) is 301 cm³/mol. The average Bonchev–Trinajstić information content (AvgIpc) is 3.11. The number of H-pyrrole nitrogens is 2. The minimum absolute atomic E-state index is 0.0460. The van der Waals surface area contributed by atoms with Crippen LogP contribution in [0.4, 0.5) is 0 Å². The highest BCUT2D eigenvalue weighted by Gasteiger charge is 2.26. The van der Waals surface area contributed by atoms with Crippen LogP contribution < -0.4 is 33.1 Å². The third-order valence-corrected chi connectivity index (χ3v) is 13.9. The van der Waals surface area contributed by atoms with E-state index in [2.05, 4.69) is 20.6 Å². The van der Waals surface area contributed by atoms with E-state index >= 15 is 0 Å². The van der Waals surface area contributed by atoms with Crippen molar-refractivity contribution in [1.29, 1.82) is 0 Å². The van der Waals surface area contributed by atoms with Gasteiger partial charge in [0.1, 0.15) is 13.1 Å². The van der Waals surface area contributed by atoms with Crippen LogP contribution in [-0.2, 0) is 32.2 Å². The number of pyridine rings is 2. The van der Waals surface area contributed by atoms with Crippen molar-refractivity contribution in [2.75, 3.05) is 39.5 Å². The van der Waals surface area contributed by atoms with Crippen molar-refractivity contribution in [3.63, 3.8) is 0 Å². The molecule has 22 heteroatoms. The molecule has 22 nitrogen and oxygen atoms in total. The monoisotopic (exact) mass is 1110 g/mol. The second-order valence-corrected chi connectivity index (χ2v) is 19.1. The lowest BCUT2D eigenvalue weighted by Gasteiger charge is -2.10. The zero-order valence-electron chi connectivity index (χ0n) is 43.9. The fourth-order valence-corrected chi connectivity index (χ4v) is 10.2. The zero-order valence-corrected chi connectivity index (χ0v) is 43.9. The smallest absolute Gasteiger partial charge is 0.329 e. The highest BCUT2D eigenvalue weighted by Crippen LogP contribution is 2.35. The molecule has 10 aromatic rings. The van der Waals surface area contributed by atoms with Crippen LogP contribution in [0.25, 0.3) is 55.4 Å². The Balaban J connectivity index is 0.709. The number of hydrogen-bond acceptors (Lipinski definition) is 12. The molecule has 0 atom stereocenters. The topological polar surface area (TPSA) is 304 Å². The number of fused-ring (bicyclic) bond motifs is 4. The van der Waals surface area contributed by atoms with E-state index in [1.54, 1.807) is 86.9 Å². The van der Waals surface area contributed by atoms with Gasteiger partial charge in [-0.25, -0.2) is 18.7 Å². The summed E-state index contributed by atoms with van der Waals surface area (Å²) in [6, 6.07) is 33.2. The SMILES string of the molecule is Cc1c(C(=O)c2ccc3c(=O)n(CC(=O)O)c(=O)[nH]c3c2)c2ccccn2c1-c1cccc(C(=O)NCCOCCOCCNC(=O)c2cccc(-c3c(C)c(C(=O)c4ccc5c(=O)n(CC(=O)O)c(=O)[nH]c5c4)c4ccccn34)c2)c1. The maximum absolute atomic E-state index is 14.2. The minimum Gasteiger partial charge on any atom is -0.480 e. The van der Waals surface area contributed by atoms with Crippen LogP contribution in [-0.4, -0.2) is 113 Å². The fraction of sp³-hybridized carbons (Fsp3) is 0.167. The molecule has 0 aliphatic rings. The van der Waals surface area contributed by atoms with Gasteiger partial charge in [-0.05, 0) is 109 Å². The average molecular weight is 1110 g/mol. The van der Waals surface area contributed by atoms with E-state index in [0.717, 1.165) is 0 Å². The number of benzene rings is 4. The summed E-state index contributed by atoms with van der Waals surface area (Å²) < 4.78 is 16.2. The summed E-state index contributed by atoms with van der Waals surface area (Å²) in [7, 11) is 0. The first-order valence-electron chi connectivity index (χ1n) is 25.7. The molecular weight excluding hydrogens is 1060 g/mol. The summed E-state index contributed by atoms with van der Waals surface area (Å²) in [6.45, 7) is 3.17. The van der Waals surface area contributed by atoms with E-state index in [0.29, 0.717) is 76.1 Å². The van der Waals surface area contributed by atoms with Gasteiger partial charge in [0.2, 0.25) is 0 Å². The highest BCUT2D eigenvalue weighted by molar-refractivity contribution is 6.17. The van der Waals surface area contributed by atoms with E-state index in [9.17, 15) is 47.9 Å². The summed E-state index contributed by atoms with van der Waals surface area (Å²) in [5.41, 5.74) is 3.67. The standard InChI is InChI=1S/C60H50N8O14/c1-33-49(53(73)37-15-17-41-43(29-37)63-59(79)67(57(41)77)31-47(69)70)45-13-3-5-21-65(45)51(33)35-9-7-11-39(27-35)55(75)61-19-23-81-25-26-82-24-20-62-56(76)40-12-8-10-36(28-40)52-34(2)50(46-14-4-6-22-66(46)52)54(74)38-16-18-42-44(30-38)64-60(80)68(58(42)78)32-48(71)72/h3-18,21-22,27-30H,19-20,23-26,31-32H2,1-2H3,(H,61,75)(H,62,76)(H,63,79)(H,64,80)(H,69,70)(H,71,72). The van der Waals surface area contributed by atoms with Crippen LogP contribution in [0.3, 0.4) is 0 Å². The molecule has 0 radical (unpaired) electrons. The van der Waals surface area contributed by atoms with Crippen molar-refractivity contribution in [1.82, 2.24) is 38.5 Å². The molecule has 0 fully saturated rings. The van der Waals surface area contributed by atoms with Crippen molar-refractivity contribution in [2.24, 2.45) is 0 Å². The Morgan fingerprint density at radius 3 is 1.30 bits per heavy atom. The van der Waals surface area contributed by atoms with Gasteiger partial charge in [0.25, 0.3) is 22.9 Å². The second kappa shape index (κ2) is 23.0. The van der Waals surface area contributed by atoms with Crippen molar-refractivity contribution >= 4 is 68.2 Å². The van der Waals surface area contributed by atoms with E-state index in [1.807, 2.05) is 33.1 Å². The van der Waals surface area contributed by atoms with Gasteiger partial charge in [-0.3, -0.25) is 38.4 Å². The first-order chi connectivity index (χ1) is 39.5. The van der Waals surface area contributed by atoms with Gasteiger partial charge < -0.3 is 49.1 Å². The molecule has 0 bridgehead atoms. The van der Waals surface area contributed by atoms with Gasteiger partial charge >= 0.3 is 23.3 Å². The number of aromatic amines is 2. The summed E-state index contributed by atoms with van der Waals surface area (Å²) in [6.07, 6.45) is 3.61. The number of amides is 2. The van der Waals surface area contributed by atoms with E-state index in [1.165, 1.54) is 36.4 Å². The summed E-state index contributed by atoms with van der Waals surface area (Å²) >= 11 is 0. The Bertz CT molecular complexity index is 4250. The molecule has 0 unspecified atom stereocenters. The van der Waals surface area contributed by atoms with E-state index in [-0.39, 0.29) is 95.8 Å². The molecule has 82 heavy (non-hydrogen) atoms. The lowest BCUT2D eigenvalue weighted by atomic mass is 9.97. The number of hydrogen-bond donors (Lipinski definition) is 6. The lowest BCUT2D eigenvalue weighted by Crippen LogP contribution is -2.37. The van der Waals surface area contributed by atoms with Crippen molar-refractivity contribution in [2.45, 2.75) is 26.9 Å². The van der Waals surface area contributed by atoms with Crippen LogP contribution in [0.2, 0.25) is 0 Å². The van der Waals surface area contributed by atoms with Gasteiger partial charge in [0, 0.05) is 47.7 Å². The third kappa shape index (κ3) is 10.7. The summed E-state index contributed by atoms with van der Waals surface area (Å²) in [5.74, 6) is -4.18. The maximum Gasteiger partial charge on any atom is 0.329 e. The number of carboxylic acid groups (broad SMARTS) is 2. The Hall–Kier alpha value is -10.6. The molecule has 6 heterocycles. The zero-order chi connectivity index (χ0) is 57.9. The van der Waals surface area contributed by atoms with Crippen molar-refractivity contribution in [3.05, 3.63) is 220 Å². The number of carboxylic acids is 2. The summed E-state index contributed by atoms with van der Waals surface area (Å²) in [5, 5.41) is 24.1. The first kappa shape index (κ1) is 54.8. The largest absolute Gasteiger partial charge is 0.480 e. The van der Waals surface area contributed by atoms with Gasteiger partial charge in [0.05, 0.1) is 81.8 Å². The maximum atomic E-state index is 14.2. The highest BCUT2D eigenvalue weighted by atomic mass is 16.5. The Morgan fingerprint density at radius 1 is 0.488 bits per heavy atom. The Kier molecular flexibility index (Phi) is 15.4. The van der Waals surface area contributed by atoms with Gasteiger partial charge in [-0.2, -0.15) is 0 Å². The Labute approximate surface area is 462 Å². The number of ether oxygens (including phenoxy) is 2. The van der Waals surface area contributed by atoms with Crippen LogP contribution in [0.1, 0.15) is 63.7 Å². The number of rotatable bonds is 21. The molecule has 0 spiro atoms. The molecule has 0 aliphatic carbocycles. The quantitative estimate of drug-likeness (QED) is 0.0409. The lowest BCUT2D eigenvalue weighted by molar-refractivity contribution is -0.138. The van der Waals surface area contributed by atoms with E-state index < -0.39 is 47.5 Å². The number of nitrogens with one attached hydrogen (secondary N) is 4. The van der Waals surface area contributed by atoms with Crippen LogP contribution >= 0.6 is 0 Å². The Morgan fingerprint density at radius 2 is 0.902 bits per heavy atom. The first-order valence-corrected chi connectivity index (χ1v) is 25.7. The summed E-state index contributed by atoms with van der Waals surface area (Å²) in [4.78, 5) is 134.